The Morgan fingerprint density at radius 2 is 1.73 bits per heavy atom. The summed E-state index contributed by atoms with van der Waals surface area (Å²) in [7, 11) is 0. The number of hydrogen-bond donors (Lipinski definition) is 0. The lowest BCUT2D eigenvalue weighted by Gasteiger charge is -2.06. The Morgan fingerprint density at radius 3 is 2.50 bits per heavy atom. The van der Waals surface area contributed by atoms with Crippen molar-refractivity contribution >= 4 is 11.0 Å². The van der Waals surface area contributed by atoms with Crippen LogP contribution >= 0.6 is 0 Å². The van der Waals surface area contributed by atoms with E-state index < -0.39 is 0 Å². The van der Waals surface area contributed by atoms with Gasteiger partial charge in [0.15, 0.2) is 0 Å². The van der Waals surface area contributed by atoms with E-state index in [-0.39, 0.29) is 0 Å². The fraction of sp³-hybridized carbons (Fsp3) is 0. The van der Waals surface area contributed by atoms with E-state index in [9.17, 15) is 0 Å². The van der Waals surface area contributed by atoms with Gasteiger partial charge >= 0.3 is 0 Å². The van der Waals surface area contributed by atoms with Crippen LogP contribution in [0, 0.1) is 0 Å². The van der Waals surface area contributed by atoms with Crippen LogP contribution in [0.2, 0.25) is 0 Å². The molecular weight excluding hydrogens is 278 g/mol. The summed E-state index contributed by atoms with van der Waals surface area (Å²) < 4.78 is 7.42. The van der Waals surface area contributed by atoms with Gasteiger partial charge in [-0.15, -0.1) is 0 Å². The molecule has 0 amide bonds. The van der Waals surface area contributed by atoms with Crippen molar-refractivity contribution in [2.45, 2.75) is 0 Å². The van der Waals surface area contributed by atoms with Crippen molar-refractivity contribution in [3.05, 3.63) is 67.4 Å². The molecule has 0 saturated carbocycles. The Bertz CT molecular complexity index is 903. The highest BCUT2D eigenvalue weighted by Crippen LogP contribution is 2.21. The smallest absolute Gasteiger partial charge is 0.238 e. The number of fused-ring (bicyclic) bond motifs is 1. The summed E-state index contributed by atoms with van der Waals surface area (Å²) in [5.41, 5.74) is 2.56. The van der Waals surface area contributed by atoms with E-state index in [0.29, 0.717) is 11.6 Å². The Labute approximate surface area is 126 Å². The van der Waals surface area contributed by atoms with E-state index in [1.807, 2.05) is 48.5 Å². The maximum Gasteiger partial charge on any atom is 0.238 e. The summed E-state index contributed by atoms with van der Waals surface area (Å²) in [6.07, 6.45) is 4.76. The molecule has 0 aliphatic carbocycles. The number of benzene rings is 2. The van der Waals surface area contributed by atoms with Gasteiger partial charge in [-0.05, 0) is 36.4 Å². The molecule has 22 heavy (non-hydrogen) atoms. The topological polar surface area (TPSA) is 65.7 Å². The molecule has 6 nitrogen and oxygen atoms in total. The van der Waals surface area contributed by atoms with Gasteiger partial charge in [0.05, 0.1) is 22.9 Å². The number of ether oxygens (including phenoxy) is 1. The third-order valence-electron chi connectivity index (χ3n) is 3.17. The third-order valence-corrected chi connectivity index (χ3v) is 3.17. The van der Waals surface area contributed by atoms with E-state index in [0.717, 1.165) is 16.7 Å². The second-order valence-corrected chi connectivity index (χ2v) is 4.63. The van der Waals surface area contributed by atoms with Crippen LogP contribution in [0.5, 0.6) is 11.6 Å². The molecule has 0 saturated heterocycles. The zero-order valence-electron chi connectivity index (χ0n) is 11.5. The van der Waals surface area contributed by atoms with E-state index >= 15 is 0 Å². The first-order chi connectivity index (χ1) is 10.9. The normalized spacial score (nSPS) is 10.7. The Morgan fingerprint density at radius 1 is 0.909 bits per heavy atom. The van der Waals surface area contributed by atoms with Crippen LogP contribution in [-0.4, -0.2) is 24.7 Å². The molecule has 0 bridgehead atoms. The Balaban J connectivity index is 1.59. The van der Waals surface area contributed by atoms with Gasteiger partial charge in [0.1, 0.15) is 18.4 Å². The van der Waals surface area contributed by atoms with E-state index in [1.54, 1.807) is 17.2 Å². The van der Waals surface area contributed by atoms with Crippen LogP contribution in [0.4, 0.5) is 0 Å². The first-order valence-electron chi connectivity index (χ1n) is 6.73. The minimum absolute atomic E-state index is 0.465. The number of nitrogens with zero attached hydrogens (tertiary/aromatic N) is 5. The lowest BCUT2D eigenvalue weighted by atomic mass is 10.3. The summed E-state index contributed by atoms with van der Waals surface area (Å²) in [4.78, 5) is 12.7. The number of hydrogen-bond acceptors (Lipinski definition) is 5. The maximum absolute atomic E-state index is 5.74. The molecule has 4 aromatic rings. The highest BCUT2D eigenvalue weighted by Gasteiger charge is 2.03. The predicted molar refractivity (Wildman–Crippen MR) is 81.0 cm³/mol. The minimum Gasteiger partial charge on any atom is -0.437 e. The van der Waals surface area contributed by atoms with Crippen molar-refractivity contribution in [3.63, 3.8) is 0 Å². The van der Waals surface area contributed by atoms with Crippen molar-refractivity contribution in [2.24, 2.45) is 0 Å². The molecule has 6 heteroatoms. The molecule has 4 rings (SSSR count). The molecular formula is C16H11N5O. The molecule has 0 unspecified atom stereocenters. The molecule has 0 fully saturated rings. The zero-order chi connectivity index (χ0) is 14.8. The molecule has 0 aliphatic rings. The molecule has 0 spiro atoms. The zero-order valence-corrected chi connectivity index (χ0v) is 11.5. The second-order valence-electron chi connectivity index (χ2n) is 4.63. The summed E-state index contributed by atoms with van der Waals surface area (Å²) in [5, 5.41) is 4.08. The standard InChI is InChI=1S/C16H11N5O/c1-2-4-15-14(3-1)18-9-16(20-15)22-13-7-5-12(6-8-13)21-11-17-10-19-21/h1-11H. The monoisotopic (exact) mass is 289 g/mol. The fourth-order valence-corrected chi connectivity index (χ4v) is 2.12. The van der Waals surface area contributed by atoms with Gasteiger partial charge < -0.3 is 4.74 Å². The number of para-hydroxylation sites is 2. The first kappa shape index (κ1) is 12.5. The molecule has 2 aromatic carbocycles. The van der Waals surface area contributed by atoms with Crippen LogP contribution in [0.15, 0.2) is 67.4 Å². The van der Waals surface area contributed by atoms with Gasteiger partial charge in [-0.3, -0.25) is 0 Å². The SMILES string of the molecule is c1ccc2nc(Oc3ccc(-n4cncn4)cc3)cnc2c1. The maximum atomic E-state index is 5.74. The Kier molecular flexibility index (Phi) is 2.97. The molecule has 2 aromatic heterocycles. The predicted octanol–water partition coefficient (Wildman–Crippen LogP) is 3.00. The molecule has 106 valence electrons. The summed E-state index contributed by atoms with van der Waals surface area (Å²) in [6.45, 7) is 0. The average molecular weight is 289 g/mol. The van der Waals surface area contributed by atoms with Gasteiger partial charge in [0, 0.05) is 0 Å². The lowest BCUT2D eigenvalue weighted by Crippen LogP contribution is -1.94. The van der Waals surface area contributed by atoms with Crippen LogP contribution in [0.3, 0.4) is 0 Å². The highest BCUT2D eigenvalue weighted by atomic mass is 16.5. The molecule has 0 atom stereocenters. The fourth-order valence-electron chi connectivity index (χ4n) is 2.12. The van der Waals surface area contributed by atoms with E-state index in [4.69, 9.17) is 4.74 Å². The van der Waals surface area contributed by atoms with Crippen LogP contribution in [0.25, 0.3) is 16.7 Å². The quantitative estimate of drug-likeness (QED) is 0.580. The summed E-state index contributed by atoms with van der Waals surface area (Å²) in [5.74, 6) is 1.15. The second kappa shape index (κ2) is 5.25. The highest BCUT2D eigenvalue weighted by molar-refractivity contribution is 5.74. The first-order valence-corrected chi connectivity index (χ1v) is 6.73. The summed E-state index contributed by atoms with van der Waals surface area (Å²) in [6, 6.07) is 15.2. The van der Waals surface area contributed by atoms with Gasteiger partial charge in [0.25, 0.3) is 0 Å². The average Bonchev–Trinajstić information content (AvgIpc) is 3.10. The molecule has 2 heterocycles. The van der Waals surface area contributed by atoms with Gasteiger partial charge in [0.2, 0.25) is 5.88 Å². The van der Waals surface area contributed by atoms with Crippen molar-refractivity contribution < 1.29 is 4.74 Å². The van der Waals surface area contributed by atoms with Gasteiger partial charge in [-0.25, -0.2) is 19.6 Å². The summed E-state index contributed by atoms with van der Waals surface area (Å²) >= 11 is 0. The van der Waals surface area contributed by atoms with E-state index in [1.165, 1.54) is 6.33 Å². The largest absolute Gasteiger partial charge is 0.437 e. The van der Waals surface area contributed by atoms with Crippen LogP contribution in [-0.2, 0) is 0 Å². The van der Waals surface area contributed by atoms with Crippen molar-refractivity contribution in [1.82, 2.24) is 24.7 Å². The Hall–Kier alpha value is -3.28. The van der Waals surface area contributed by atoms with Crippen LogP contribution in [0.1, 0.15) is 0 Å². The van der Waals surface area contributed by atoms with Crippen molar-refractivity contribution in [3.8, 4) is 17.3 Å². The third kappa shape index (κ3) is 2.37. The van der Waals surface area contributed by atoms with Crippen LogP contribution < -0.4 is 4.74 Å². The molecule has 0 radical (unpaired) electrons. The molecule has 0 N–H and O–H groups in total. The lowest BCUT2D eigenvalue weighted by molar-refractivity contribution is 0.462. The van der Waals surface area contributed by atoms with Crippen molar-refractivity contribution in [2.75, 3.05) is 0 Å². The van der Waals surface area contributed by atoms with Gasteiger partial charge in [-0.2, -0.15) is 5.10 Å². The van der Waals surface area contributed by atoms with Crippen molar-refractivity contribution in [1.29, 1.82) is 0 Å². The minimum atomic E-state index is 0.465. The number of rotatable bonds is 3. The number of aromatic nitrogens is 5. The molecule has 0 aliphatic heterocycles. The van der Waals surface area contributed by atoms with E-state index in [2.05, 4.69) is 20.1 Å². The van der Waals surface area contributed by atoms with Gasteiger partial charge in [-0.1, -0.05) is 12.1 Å².